The Morgan fingerprint density at radius 1 is 1.38 bits per heavy atom. The molecule has 1 aromatic rings. The van der Waals surface area contributed by atoms with E-state index in [0.717, 1.165) is 0 Å². The van der Waals surface area contributed by atoms with Crippen LogP contribution in [0.15, 0.2) is 12.1 Å². The van der Waals surface area contributed by atoms with Crippen LogP contribution < -0.4 is 10.2 Å². The fraction of sp³-hybridized carbons (Fsp3) is 0.250. The smallest absolute Gasteiger partial charge is 0.492 e. The van der Waals surface area contributed by atoms with Crippen LogP contribution in [-0.2, 0) is 0 Å². The maximum atomic E-state index is 13.0. The molecule has 2 N–H and O–H groups in total. The second-order valence-electron chi connectivity index (χ2n) is 2.67. The lowest BCUT2D eigenvalue weighted by Crippen LogP contribution is -2.31. The summed E-state index contributed by atoms with van der Waals surface area (Å²) in [7, 11) is -0.289. The van der Waals surface area contributed by atoms with E-state index in [-0.39, 0.29) is 16.8 Å². The molecule has 0 bridgehead atoms. The predicted molar refractivity (Wildman–Crippen MR) is 47.5 cm³/mol. The van der Waals surface area contributed by atoms with Crippen LogP contribution in [0, 0.1) is 12.7 Å². The van der Waals surface area contributed by atoms with Crippen LogP contribution in [0.3, 0.4) is 0 Å². The van der Waals surface area contributed by atoms with Crippen LogP contribution in [0.2, 0.25) is 0 Å². The first-order valence-electron chi connectivity index (χ1n) is 3.77. The van der Waals surface area contributed by atoms with E-state index in [9.17, 15) is 4.39 Å². The van der Waals surface area contributed by atoms with Gasteiger partial charge in [0.1, 0.15) is 11.6 Å². The first-order chi connectivity index (χ1) is 6.07. The molecule has 0 fully saturated rings. The Morgan fingerprint density at radius 2 is 2.00 bits per heavy atom. The summed E-state index contributed by atoms with van der Waals surface area (Å²) >= 11 is 0. The highest BCUT2D eigenvalue weighted by molar-refractivity contribution is 6.59. The van der Waals surface area contributed by atoms with Crippen molar-refractivity contribution < 1.29 is 19.2 Å². The fourth-order valence-electron chi connectivity index (χ4n) is 1.16. The van der Waals surface area contributed by atoms with Gasteiger partial charge in [-0.2, -0.15) is 0 Å². The van der Waals surface area contributed by atoms with Gasteiger partial charge in [0.05, 0.1) is 7.11 Å². The Kier molecular flexibility index (Phi) is 2.90. The van der Waals surface area contributed by atoms with Gasteiger partial charge in [0.15, 0.2) is 0 Å². The molecule has 0 aliphatic heterocycles. The normalized spacial score (nSPS) is 9.92. The molecular formula is C8H10BFO3. The van der Waals surface area contributed by atoms with Crippen molar-refractivity contribution in [2.75, 3.05) is 7.11 Å². The van der Waals surface area contributed by atoms with E-state index in [4.69, 9.17) is 14.8 Å². The number of ether oxygens (including phenoxy) is 1. The van der Waals surface area contributed by atoms with Crippen molar-refractivity contribution in [1.29, 1.82) is 0 Å². The van der Waals surface area contributed by atoms with E-state index in [0.29, 0.717) is 0 Å². The van der Waals surface area contributed by atoms with Crippen molar-refractivity contribution in [2.45, 2.75) is 6.92 Å². The van der Waals surface area contributed by atoms with Crippen LogP contribution >= 0.6 is 0 Å². The van der Waals surface area contributed by atoms with Gasteiger partial charge in [-0.15, -0.1) is 0 Å². The number of benzene rings is 1. The minimum Gasteiger partial charge on any atom is -0.497 e. The Morgan fingerprint density at radius 3 is 2.46 bits per heavy atom. The van der Waals surface area contributed by atoms with Crippen molar-refractivity contribution in [3.05, 3.63) is 23.5 Å². The first kappa shape index (κ1) is 10.0. The van der Waals surface area contributed by atoms with Crippen molar-refractivity contribution in [2.24, 2.45) is 0 Å². The van der Waals surface area contributed by atoms with Crippen LogP contribution in [0.4, 0.5) is 4.39 Å². The summed E-state index contributed by atoms with van der Waals surface area (Å²) in [5.41, 5.74) is 0.439. The number of hydrogen-bond acceptors (Lipinski definition) is 3. The Bertz CT molecular complexity index is 315. The highest BCUT2D eigenvalue weighted by Gasteiger charge is 2.19. The third-order valence-electron chi connectivity index (χ3n) is 1.85. The monoisotopic (exact) mass is 184 g/mol. The van der Waals surface area contributed by atoms with Crippen molar-refractivity contribution in [1.82, 2.24) is 0 Å². The average Bonchev–Trinajstić information content (AvgIpc) is 2.09. The Labute approximate surface area is 75.9 Å². The topological polar surface area (TPSA) is 49.7 Å². The second-order valence-corrected chi connectivity index (χ2v) is 2.67. The maximum Gasteiger partial charge on any atom is 0.492 e. The average molecular weight is 184 g/mol. The molecule has 1 aromatic carbocycles. The van der Waals surface area contributed by atoms with Crippen molar-refractivity contribution >= 4 is 12.6 Å². The zero-order chi connectivity index (χ0) is 10.0. The molecule has 0 heterocycles. The SMILES string of the molecule is COc1c(B(O)O)ccc(F)c1C. The van der Waals surface area contributed by atoms with Crippen molar-refractivity contribution in [3.63, 3.8) is 0 Å². The number of halogens is 1. The molecule has 0 saturated heterocycles. The molecule has 0 spiro atoms. The quantitative estimate of drug-likeness (QED) is 0.627. The molecule has 0 unspecified atom stereocenters. The van der Waals surface area contributed by atoms with Gasteiger partial charge in [0, 0.05) is 11.0 Å². The molecule has 0 radical (unpaired) electrons. The lowest BCUT2D eigenvalue weighted by molar-refractivity contribution is 0.398. The lowest BCUT2D eigenvalue weighted by Gasteiger charge is -2.10. The molecule has 1 rings (SSSR count). The molecule has 5 heteroatoms. The highest BCUT2D eigenvalue weighted by Crippen LogP contribution is 2.17. The van der Waals surface area contributed by atoms with E-state index in [2.05, 4.69) is 0 Å². The molecule has 0 aliphatic carbocycles. The second kappa shape index (κ2) is 3.76. The first-order valence-corrected chi connectivity index (χ1v) is 3.77. The molecule has 0 amide bonds. The molecule has 0 aromatic heterocycles. The molecule has 70 valence electrons. The molecule has 3 nitrogen and oxygen atoms in total. The molecule has 0 aliphatic rings. The van der Waals surface area contributed by atoms with E-state index >= 15 is 0 Å². The van der Waals surface area contributed by atoms with E-state index < -0.39 is 12.9 Å². The van der Waals surface area contributed by atoms with E-state index in [1.54, 1.807) is 0 Å². The summed E-state index contributed by atoms with van der Waals surface area (Å²) in [5, 5.41) is 17.8. The molecular weight excluding hydrogens is 174 g/mol. The standard InChI is InChI=1S/C8H10BFO3/c1-5-7(10)4-3-6(9(11)12)8(5)13-2/h3-4,11-12H,1-2H3. The largest absolute Gasteiger partial charge is 0.497 e. The van der Waals surface area contributed by atoms with Crippen LogP contribution in [-0.4, -0.2) is 24.3 Å². The summed E-state index contributed by atoms with van der Waals surface area (Å²) in [4.78, 5) is 0. The van der Waals surface area contributed by atoms with Crippen LogP contribution in [0.25, 0.3) is 0 Å². The summed E-state index contributed by atoms with van der Waals surface area (Å²) in [6.45, 7) is 1.51. The summed E-state index contributed by atoms with van der Waals surface area (Å²) in [6, 6.07) is 2.46. The molecule has 0 saturated carbocycles. The number of methoxy groups -OCH3 is 1. The Hall–Kier alpha value is -1.07. The number of hydrogen-bond donors (Lipinski definition) is 2. The summed E-state index contributed by atoms with van der Waals surface area (Å²) in [6.07, 6.45) is 0. The van der Waals surface area contributed by atoms with Gasteiger partial charge in [0.25, 0.3) is 0 Å². The Balaban J connectivity index is 3.30. The van der Waals surface area contributed by atoms with Gasteiger partial charge >= 0.3 is 7.12 Å². The fourth-order valence-corrected chi connectivity index (χ4v) is 1.16. The predicted octanol–water partition coefficient (Wildman–Crippen LogP) is -0.177. The van der Waals surface area contributed by atoms with Crippen LogP contribution in [0.1, 0.15) is 5.56 Å². The summed E-state index contributed by atoms with van der Waals surface area (Å²) in [5.74, 6) is -0.253. The van der Waals surface area contributed by atoms with E-state index in [1.165, 1.54) is 26.2 Å². The van der Waals surface area contributed by atoms with Gasteiger partial charge in [-0.1, -0.05) is 6.07 Å². The summed E-state index contributed by atoms with van der Waals surface area (Å²) < 4.78 is 17.8. The minimum absolute atomic E-state index is 0.168. The van der Waals surface area contributed by atoms with Gasteiger partial charge in [-0.05, 0) is 13.0 Å². The van der Waals surface area contributed by atoms with Crippen molar-refractivity contribution in [3.8, 4) is 5.75 Å². The zero-order valence-corrected chi connectivity index (χ0v) is 7.41. The van der Waals surface area contributed by atoms with Gasteiger partial charge in [-0.3, -0.25) is 0 Å². The minimum atomic E-state index is -1.64. The van der Waals surface area contributed by atoms with Gasteiger partial charge < -0.3 is 14.8 Å². The lowest BCUT2D eigenvalue weighted by atomic mass is 9.78. The van der Waals surface area contributed by atoms with Gasteiger partial charge in [0.2, 0.25) is 0 Å². The third kappa shape index (κ3) is 1.81. The third-order valence-corrected chi connectivity index (χ3v) is 1.85. The zero-order valence-electron chi connectivity index (χ0n) is 7.41. The number of rotatable bonds is 2. The highest BCUT2D eigenvalue weighted by atomic mass is 19.1. The van der Waals surface area contributed by atoms with E-state index in [1.807, 2.05) is 0 Å². The van der Waals surface area contributed by atoms with Gasteiger partial charge in [-0.25, -0.2) is 4.39 Å². The maximum absolute atomic E-state index is 13.0. The molecule has 13 heavy (non-hydrogen) atoms. The van der Waals surface area contributed by atoms with Crippen LogP contribution in [0.5, 0.6) is 5.75 Å². The molecule has 0 atom stereocenters.